The summed E-state index contributed by atoms with van der Waals surface area (Å²) in [6, 6.07) is 0. The Bertz CT molecular complexity index is 143. The van der Waals surface area contributed by atoms with Crippen molar-refractivity contribution in [2.45, 2.75) is 12.4 Å². The van der Waals surface area contributed by atoms with E-state index in [1.165, 1.54) is 0 Å². The fourth-order valence-electron chi connectivity index (χ4n) is 0. The summed E-state index contributed by atoms with van der Waals surface area (Å²) in [4.78, 5) is 0. The van der Waals surface area contributed by atoms with E-state index in [4.69, 9.17) is 9.66 Å². The van der Waals surface area contributed by atoms with Crippen LogP contribution in [0.3, 0.4) is 0 Å². The topological polar surface area (TPSA) is 74.6 Å². The van der Waals surface area contributed by atoms with Crippen LogP contribution in [-0.4, -0.2) is 61.3 Å². The van der Waals surface area contributed by atoms with Crippen LogP contribution in [0.2, 0.25) is 0 Å². The molecule has 0 aliphatic rings. The molecule has 0 aromatic heterocycles. The van der Waals surface area contributed by atoms with Gasteiger partial charge < -0.3 is 7.96 Å². The molecule has 0 aliphatic heterocycles. The van der Waals surface area contributed by atoms with Crippen LogP contribution in [0.1, 0.15) is 9.78 Å². The minimum atomic E-state index is -4.19. The molecule has 8 heavy (non-hydrogen) atoms. The average Bonchev–Trinajstić information content (AvgIpc) is 1.31. The maximum Gasteiger partial charge on any atom is 2.00 e. The van der Waals surface area contributed by atoms with E-state index in [0.717, 1.165) is 6.92 Å². The Labute approximate surface area is 80.6 Å². The normalized spacial score (nSPS) is 14.4. The fourth-order valence-corrected chi connectivity index (χ4v) is 0. The Morgan fingerprint density at radius 2 is 1.75 bits per heavy atom. The first kappa shape index (κ1) is 11.9. The van der Waals surface area contributed by atoms with E-state index < -0.39 is 15.6 Å². The summed E-state index contributed by atoms with van der Waals surface area (Å²) in [6.07, 6.45) is 0. The Balaban J connectivity index is -0.0000000600. The summed E-state index contributed by atoms with van der Waals surface area (Å²) in [6.45, 7) is 0.968. The van der Waals surface area contributed by atoms with Crippen LogP contribution in [0.4, 0.5) is 0 Å². The van der Waals surface area contributed by atoms with Crippen molar-refractivity contribution in [2.24, 2.45) is 0 Å². The van der Waals surface area contributed by atoms with Gasteiger partial charge in [0.05, 0.1) is 0 Å². The molecular formula is C2H8CaO4S. The number of rotatable bonds is 1. The number of hydrogen-bond acceptors (Lipinski definition) is 3. The van der Waals surface area contributed by atoms with Gasteiger partial charge in [-0.05, 0) is 6.92 Å². The molecule has 0 bridgehead atoms. The van der Waals surface area contributed by atoms with Gasteiger partial charge in [-0.1, -0.05) is 0 Å². The van der Waals surface area contributed by atoms with Crippen LogP contribution in [0.5, 0.6) is 0 Å². The van der Waals surface area contributed by atoms with Crippen LogP contribution >= 0.6 is 0 Å². The molecule has 0 heterocycles. The van der Waals surface area contributed by atoms with Crippen molar-refractivity contribution in [3.8, 4) is 0 Å². The van der Waals surface area contributed by atoms with Gasteiger partial charge in [0, 0.05) is 0 Å². The third-order valence-corrected chi connectivity index (χ3v) is 1.29. The van der Waals surface area contributed by atoms with Crippen LogP contribution in [0.15, 0.2) is 0 Å². The molecule has 0 rings (SSSR count). The molecular weight excluding hydrogens is 160 g/mol. The maximum absolute atomic E-state index is 9.64. The van der Waals surface area contributed by atoms with E-state index in [2.05, 4.69) is 0 Å². The summed E-state index contributed by atoms with van der Waals surface area (Å²) in [7, 11) is -4.19. The molecule has 0 saturated heterocycles. The van der Waals surface area contributed by atoms with Crippen molar-refractivity contribution in [1.82, 2.24) is 0 Å². The second-order valence-corrected chi connectivity index (χ2v) is 2.83. The van der Waals surface area contributed by atoms with Crippen LogP contribution in [-0.2, 0) is 10.1 Å². The van der Waals surface area contributed by atoms with Gasteiger partial charge in [-0.15, -0.1) is 0 Å². The van der Waals surface area contributed by atoms with Gasteiger partial charge in [0.25, 0.3) is 10.1 Å². The van der Waals surface area contributed by atoms with Crippen LogP contribution in [0.25, 0.3) is 0 Å². The third-order valence-electron chi connectivity index (χ3n) is 0.431. The minimum absolute atomic E-state index is 0. The standard InChI is InChI=1S/C2H6O4S.Ca.2H/c1-2(3)7(4,5)6;;;/h2-3H,1H3,(H,4,5,6);;;/q;+2;2*-1. The number of aliphatic hydroxyl groups is 1. The van der Waals surface area contributed by atoms with Crippen molar-refractivity contribution in [3.05, 3.63) is 0 Å². The van der Waals surface area contributed by atoms with Gasteiger partial charge in [-0.3, -0.25) is 4.55 Å². The molecule has 1 atom stereocenters. The molecule has 0 radical (unpaired) electrons. The molecule has 6 heteroatoms. The quantitative estimate of drug-likeness (QED) is 0.391. The zero-order valence-electron chi connectivity index (χ0n) is 6.40. The first-order chi connectivity index (χ1) is 2.94. The predicted molar refractivity (Wildman–Crippen MR) is 31.2 cm³/mol. The summed E-state index contributed by atoms with van der Waals surface area (Å²) in [5.41, 5.74) is -1.67. The van der Waals surface area contributed by atoms with Gasteiger partial charge in [-0.2, -0.15) is 8.42 Å². The summed E-state index contributed by atoms with van der Waals surface area (Å²) >= 11 is 0. The van der Waals surface area contributed by atoms with Crippen LogP contribution in [0, 0.1) is 0 Å². The SMILES string of the molecule is CC(O)S(=O)(=O)O.[Ca+2].[H-].[H-]. The van der Waals surface area contributed by atoms with Gasteiger partial charge in [-0.25, -0.2) is 0 Å². The van der Waals surface area contributed by atoms with E-state index in [1.807, 2.05) is 0 Å². The van der Waals surface area contributed by atoms with E-state index in [9.17, 15) is 8.42 Å². The molecule has 0 aliphatic carbocycles. The molecule has 48 valence electrons. The second-order valence-electron chi connectivity index (χ2n) is 1.11. The molecule has 0 spiro atoms. The van der Waals surface area contributed by atoms with Crippen molar-refractivity contribution in [3.63, 3.8) is 0 Å². The van der Waals surface area contributed by atoms with Gasteiger partial charge in [0.2, 0.25) is 0 Å². The molecule has 2 N–H and O–H groups in total. The van der Waals surface area contributed by atoms with E-state index in [0.29, 0.717) is 0 Å². The molecule has 4 nitrogen and oxygen atoms in total. The molecule has 0 fully saturated rings. The van der Waals surface area contributed by atoms with Crippen molar-refractivity contribution < 1.29 is 20.9 Å². The Morgan fingerprint density at radius 1 is 1.62 bits per heavy atom. The van der Waals surface area contributed by atoms with Gasteiger partial charge >= 0.3 is 37.7 Å². The Hall–Kier alpha value is 1.13. The largest absolute Gasteiger partial charge is 2.00 e. The molecule has 0 saturated carbocycles. The fraction of sp³-hybridized carbons (Fsp3) is 1.00. The number of aliphatic hydroxyl groups excluding tert-OH is 1. The molecule has 0 aromatic carbocycles. The monoisotopic (exact) mass is 168 g/mol. The van der Waals surface area contributed by atoms with Gasteiger partial charge in [0.1, 0.15) is 0 Å². The first-order valence-corrected chi connectivity index (χ1v) is 3.09. The molecule has 0 aromatic rings. The Kier molecular flexibility index (Phi) is 5.98. The second kappa shape index (κ2) is 4.03. The van der Waals surface area contributed by atoms with Crippen molar-refractivity contribution in [2.75, 3.05) is 0 Å². The minimum Gasteiger partial charge on any atom is -1.00 e. The smallest absolute Gasteiger partial charge is 1.00 e. The summed E-state index contributed by atoms with van der Waals surface area (Å²) < 4.78 is 27.1. The third kappa shape index (κ3) is 5.27. The molecule has 0 amide bonds. The van der Waals surface area contributed by atoms with Crippen molar-refractivity contribution >= 4 is 47.9 Å². The Morgan fingerprint density at radius 3 is 1.75 bits per heavy atom. The van der Waals surface area contributed by atoms with E-state index in [-0.39, 0.29) is 40.6 Å². The first-order valence-electron chi connectivity index (χ1n) is 1.59. The van der Waals surface area contributed by atoms with Crippen molar-refractivity contribution in [1.29, 1.82) is 0 Å². The zero-order valence-corrected chi connectivity index (χ0v) is 7.43. The summed E-state index contributed by atoms with van der Waals surface area (Å²) in [5.74, 6) is 0. The van der Waals surface area contributed by atoms with E-state index >= 15 is 0 Å². The predicted octanol–water partition coefficient (Wildman–Crippen LogP) is -0.943. The summed E-state index contributed by atoms with van der Waals surface area (Å²) in [5, 5.41) is 8.05. The maximum atomic E-state index is 9.64. The van der Waals surface area contributed by atoms with Crippen LogP contribution < -0.4 is 0 Å². The molecule has 1 unspecified atom stereocenters. The van der Waals surface area contributed by atoms with E-state index in [1.54, 1.807) is 0 Å². The van der Waals surface area contributed by atoms with Gasteiger partial charge in [0.15, 0.2) is 5.44 Å². The number of hydrogen-bond donors (Lipinski definition) is 2. The average molecular weight is 168 g/mol. The zero-order chi connectivity index (χ0) is 6.08.